The summed E-state index contributed by atoms with van der Waals surface area (Å²) in [5.74, 6) is 0.0370. The molecule has 1 heterocycles. The number of anilines is 1. The molecule has 1 saturated heterocycles. The molecular weight excluding hydrogens is 452 g/mol. The largest absolute Gasteiger partial charge is 0.493 e. The van der Waals surface area contributed by atoms with Crippen molar-refractivity contribution in [3.05, 3.63) is 53.6 Å². The Hall–Kier alpha value is -2.87. The summed E-state index contributed by atoms with van der Waals surface area (Å²) < 4.78 is 37.8. The van der Waals surface area contributed by atoms with Crippen LogP contribution in [0, 0.1) is 17.6 Å². The van der Waals surface area contributed by atoms with Crippen LogP contribution in [0.2, 0.25) is 0 Å². The topological polar surface area (TPSA) is 62.8 Å². The van der Waals surface area contributed by atoms with Crippen molar-refractivity contribution >= 4 is 11.7 Å². The van der Waals surface area contributed by atoms with Crippen LogP contribution < -0.4 is 20.1 Å². The van der Waals surface area contributed by atoms with Crippen molar-refractivity contribution in [2.75, 3.05) is 32.6 Å². The average molecular weight is 488 g/mol. The van der Waals surface area contributed by atoms with Crippen LogP contribution >= 0.6 is 0 Å². The van der Waals surface area contributed by atoms with Crippen LogP contribution in [0.25, 0.3) is 0 Å². The number of likely N-dealkylation sites (tertiary alicyclic amines) is 1. The minimum absolute atomic E-state index is 0.0219. The van der Waals surface area contributed by atoms with Crippen molar-refractivity contribution in [1.29, 1.82) is 0 Å². The van der Waals surface area contributed by atoms with Gasteiger partial charge in [0.25, 0.3) is 0 Å². The van der Waals surface area contributed by atoms with Gasteiger partial charge in [-0.15, -0.1) is 0 Å². The van der Waals surface area contributed by atoms with Crippen LogP contribution in [-0.4, -0.2) is 50.3 Å². The summed E-state index contributed by atoms with van der Waals surface area (Å²) in [6, 6.07) is 9.41. The fraction of sp³-hybridized carbons (Fsp3) is 0.519. The number of urea groups is 1. The van der Waals surface area contributed by atoms with Crippen LogP contribution in [0.3, 0.4) is 0 Å². The number of benzene rings is 2. The van der Waals surface area contributed by atoms with Crippen molar-refractivity contribution in [3.8, 4) is 11.5 Å². The standard InChI is InChI=1S/C27H35F2N3O3/c1-17(2)16-32-12-11-27(18-5-8-23(34-3)24(13-18)35-4)10-9-20(15-25(27)32)31-26(33)30-19-6-7-21(28)22(29)14-19/h5-8,13-14,17,20,25H,9-12,15-16H2,1-4H3,(H2,30,31,33)/t20-,25+,27-/m0/s1. The smallest absolute Gasteiger partial charge is 0.319 e. The predicted octanol–water partition coefficient (Wildman–Crippen LogP) is 5.32. The lowest BCUT2D eigenvalue weighted by atomic mass is 9.65. The van der Waals surface area contributed by atoms with Gasteiger partial charge in [0.15, 0.2) is 23.1 Å². The Labute approximate surface area is 206 Å². The van der Waals surface area contributed by atoms with Gasteiger partial charge in [-0.05, 0) is 68.0 Å². The summed E-state index contributed by atoms with van der Waals surface area (Å²) in [6.45, 7) is 6.45. The number of ether oxygens (including phenoxy) is 2. The van der Waals surface area contributed by atoms with Crippen LogP contribution in [0.1, 0.15) is 45.1 Å². The molecule has 0 aromatic heterocycles. The molecule has 1 aliphatic heterocycles. The average Bonchev–Trinajstić information content (AvgIpc) is 3.19. The number of rotatable bonds is 7. The van der Waals surface area contributed by atoms with E-state index in [2.05, 4.69) is 41.5 Å². The quantitative estimate of drug-likeness (QED) is 0.555. The molecule has 35 heavy (non-hydrogen) atoms. The molecule has 0 radical (unpaired) electrons. The van der Waals surface area contributed by atoms with E-state index in [4.69, 9.17) is 9.47 Å². The van der Waals surface area contributed by atoms with Gasteiger partial charge >= 0.3 is 6.03 Å². The number of halogens is 2. The zero-order valence-electron chi connectivity index (χ0n) is 20.9. The van der Waals surface area contributed by atoms with E-state index in [1.807, 2.05) is 6.07 Å². The zero-order chi connectivity index (χ0) is 25.2. The number of hydrogen-bond donors (Lipinski definition) is 2. The molecule has 190 valence electrons. The van der Waals surface area contributed by atoms with E-state index in [1.165, 1.54) is 11.6 Å². The first-order valence-electron chi connectivity index (χ1n) is 12.2. The minimum atomic E-state index is -0.990. The molecule has 0 spiro atoms. The molecule has 0 unspecified atom stereocenters. The molecule has 3 atom stereocenters. The molecule has 2 N–H and O–H groups in total. The van der Waals surface area contributed by atoms with Crippen molar-refractivity contribution in [2.24, 2.45) is 5.92 Å². The Morgan fingerprint density at radius 1 is 1.09 bits per heavy atom. The second-order valence-electron chi connectivity index (χ2n) is 10.1. The second kappa shape index (κ2) is 10.4. The summed E-state index contributed by atoms with van der Waals surface area (Å²) >= 11 is 0. The number of fused-ring (bicyclic) bond motifs is 1. The summed E-state index contributed by atoms with van der Waals surface area (Å²) in [4.78, 5) is 15.2. The van der Waals surface area contributed by atoms with Gasteiger partial charge in [-0.3, -0.25) is 4.90 Å². The Balaban J connectivity index is 1.53. The number of carbonyl (C=O) groups is 1. The van der Waals surface area contributed by atoms with E-state index in [1.54, 1.807) is 14.2 Å². The maximum Gasteiger partial charge on any atom is 0.319 e. The third-order valence-corrected chi connectivity index (χ3v) is 7.44. The van der Waals surface area contributed by atoms with Crippen LogP contribution in [0.4, 0.5) is 19.3 Å². The Bertz CT molecular complexity index is 1060. The van der Waals surface area contributed by atoms with Gasteiger partial charge < -0.3 is 20.1 Å². The number of nitrogens with one attached hydrogen (secondary N) is 2. The van der Waals surface area contributed by atoms with Crippen LogP contribution in [-0.2, 0) is 5.41 Å². The van der Waals surface area contributed by atoms with Gasteiger partial charge in [-0.1, -0.05) is 19.9 Å². The highest BCUT2D eigenvalue weighted by atomic mass is 19.2. The number of carbonyl (C=O) groups excluding carboxylic acids is 1. The van der Waals surface area contributed by atoms with Crippen molar-refractivity contribution < 1.29 is 23.0 Å². The van der Waals surface area contributed by atoms with E-state index < -0.39 is 17.7 Å². The number of methoxy groups -OCH3 is 2. The third-order valence-electron chi connectivity index (χ3n) is 7.44. The fourth-order valence-electron chi connectivity index (χ4n) is 5.87. The lowest BCUT2D eigenvalue weighted by molar-refractivity contribution is 0.126. The lowest BCUT2D eigenvalue weighted by Gasteiger charge is -2.46. The summed E-state index contributed by atoms with van der Waals surface area (Å²) in [5.41, 5.74) is 1.44. The fourth-order valence-corrected chi connectivity index (χ4v) is 5.87. The first kappa shape index (κ1) is 25.2. The highest BCUT2D eigenvalue weighted by molar-refractivity contribution is 5.89. The molecule has 1 aliphatic carbocycles. The maximum absolute atomic E-state index is 13.5. The lowest BCUT2D eigenvalue weighted by Crippen LogP contribution is -2.53. The minimum Gasteiger partial charge on any atom is -0.493 e. The summed E-state index contributed by atoms with van der Waals surface area (Å²) in [6.07, 6.45) is 3.61. The maximum atomic E-state index is 13.5. The van der Waals surface area contributed by atoms with Crippen molar-refractivity contribution in [1.82, 2.24) is 10.2 Å². The molecule has 6 nitrogen and oxygen atoms in total. The van der Waals surface area contributed by atoms with Crippen molar-refractivity contribution in [3.63, 3.8) is 0 Å². The Kier molecular flexibility index (Phi) is 7.50. The summed E-state index contributed by atoms with van der Waals surface area (Å²) in [5, 5.41) is 5.69. The highest BCUT2D eigenvalue weighted by Gasteiger charge is 2.51. The van der Waals surface area contributed by atoms with E-state index in [-0.39, 0.29) is 23.2 Å². The van der Waals surface area contributed by atoms with Gasteiger partial charge in [0, 0.05) is 35.8 Å². The Morgan fingerprint density at radius 2 is 1.86 bits per heavy atom. The van der Waals surface area contributed by atoms with E-state index in [9.17, 15) is 13.6 Å². The van der Waals surface area contributed by atoms with Crippen LogP contribution in [0.15, 0.2) is 36.4 Å². The molecule has 2 aromatic rings. The third kappa shape index (κ3) is 5.22. The molecule has 2 aromatic carbocycles. The van der Waals surface area contributed by atoms with Gasteiger partial charge in [0.1, 0.15) is 0 Å². The molecule has 0 bridgehead atoms. The second-order valence-corrected chi connectivity index (χ2v) is 10.1. The first-order valence-corrected chi connectivity index (χ1v) is 12.2. The Morgan fingerprint density at radius 3 is 2.54 bits per heavy atom. The van der Waals surface area contributed by atoms with E-state index in [0.29, 0.717) is 11.7 Å². The molecule has 1 saturated carbocycles. The van der Waals surface area contributed by atoms with Gasteiger partial charge in [0.05, 0.1) is 14.2 Å². The molecule has 4 rings (SSSR count). The van der Waals surface area contributed by atoms with Crippen molar-refractivity contribution in [2.45, 2.75) is 57.0 Å². The summed E-state index contributed by atoms with van der Waals surface area (Å²) in [7, 11) is 3.30. The zero-order valence-corrected chi connectivity index (χ0v) is 20.9. The molecular formula is C27H35F2N3O3. The number of amides is 2. The van der Waals surface area contributed by atoms with Gasteiger partial charge in [0.2, 0.25) is 0 Å². The van der Waals surface area contributed by atoms with E-state index >= 15 is 0 Å². The van der Waals surface area contributed by atoms with Gasteiger partial charge in [-0.25, -0.2) is 13.6 Å². The molecule has 2 aliphatic rings. The van der Waals surface area contributed by atoms with Gasteiger partial charge in [-0.2, -0.15) is 0 Å². The number of nitrogens with zero attached hydrogens (tertiary/aromatic N) is 1. The predicted molar refractivity (Wildman–Crippen MR) is 132 cm³/mol. The molecule has 2 amide bonds. The first-order chi connectivity index (χ1) is 16.8. The molecule has 2 fully saturated rings. The monoisotopic (exact) mass is 487 g/mol. The normalized spacial score (nSPS) is 24.2. The van der Waals surface area contributed by atoms with E-state index in [0.717, 1.165) is 56.7 Å². The highest BCUT2D eigenvalue weighted by Crippen LogP contribution is 2.50. The van der Waals surface area contributed by atoms with Crippen LogP contribution in [0.5, 0.6) is 11.5 Å². The molecule has 8 heteroatoms. The SMILES string of the molecule is COc1ccc([C@@]23CC[C@H](NC(=O)Nc4ccc(F)c(F)c4)C[C@H]2N(CC(C)C)CC3)cc1OC. The number of hydrogen-bond acceptors (Lipinski definition) is 4.